The molecule has 5 atom stereocenters. The van der Waals surface area contributed by atoms with Crippen LogP contribution in [0.25, 0.3) is 0 Å². The predicted octanol–water partition coefficient (Wildman–Crippen LogP) is 2.01. The van der Waals surface area contributed by atoms with Gasteiger partial charge in [-0.3, -0.25) is 4.79 Å². The summed E-state index contributed by atoms with van der Waals surface area (Å²) >= 11 is 0. The van der Waals surface area contributed by atoms with Gasteiger partial charge in [-0.2, -0.15) is 0 Å². The highest BCUT2D eigenvalue weighted by Crippen LogP contribution is 2.66. The third-order valence-electron chi connectivity index (χ3n) is 4.67. The number of fused-ring (bicyclic) bond motifs is 5. The van der Waals surface area contributed by atoms with Crippen LogP contribution in [0.1, 0.15) is 19.8 Å². The van der Waals surface area contributed by atoms with Crippen molar-refractivity contribution < 1.29 is 9.53 Å². The fourth-order valence-corrected chi connectivity index (χ4v) is 4.07. The quantitative estimate of drug-likeness (QED) is 0.469. The van der Waals surface area contributed by atoms with Crippen molar-refractivity contribution in [2.75, 3.05) is 7.11 Å². The van der Waals surface area contributed by atoms with E-state index in [9.17, 15) is 4.79 Å². The molecule has 0 aromatic rings. The lowest BCUT2D eigenvalue weighted by atomic mass is 9.51. The second-order valence-corrected chi connectivity index (χ2v) is 5.25. The van der Waals surface area contributed by atoms with Crippen molar-refractivity contribution in [3.63, 3.8) is 0 Å². The van der Waals surface area contributed by atoms with E-state index in [1.165, 1.54) is 13.5 Å². The smallest absolute Gasteiger partial charge is 0.311 e. The Bertz CT molecular complexity index is 320. The molecular formula is C12H16O2. The molecule has 0 aliphatic heterocycles. The number of esters is 1. The normalized spacial score (nSPS) is 52.7. The monoisotopic (exact) mass is 192 g/mol. The van der Waals surface area contributed by atoms with Crippen LogP contribution in [0.15, 0.2) is 12.2 Å². The summed E-state index contributed by atoms with van der Waals surface area (Å²) in [5.74, 6) is 2.77. The molecule has 5 unspecified atom stereocenters. The minimum Gasteiger partial charge on any atom is -0.469 e. The molecule has 2 fully saturated rings. The molecule has 76 valence electrons. The highest BCUT2D eigenvalue weighted by Gasteiger charge is 2.64. The van der Waals surface area contributed by atoms with Crippen molar-refractivity contribution in [2.24, 2.45) is 29.1 Å². The number of carbonyl (C=O) groups is 1. The van der Waals surface area contributed by atoms with Crippen LogP contribution in [-0.4, -0.2) is 13.1 Å². The standard InChI is InChI=1S/C12H16O2/c1-12(11(13)14-2)6-9-7-3-4-8(5-7)10(9)12/h3-4,7-10H,5-6H2,1-2H3. The maximum Gasteiger partial charge on any atom is 0.311 e. The zero-order valence-electron chi connectivity index (χ0n) is 8.69. The van der Waals surface area contributed by atoms with Crippen LogP contribution in [-0.2, 0) is 9.53 Å². The molecule has 3 aliphatic carbocycles. The number of allylic oxidation sites excluding steroid dienone is 2. The van der Waals surface area contributed by atoms with Gasteiger partial charge in [-0.15, -0.1) is 0 Å². The molecule has 3 aliphatic rings. The number of methoxy groups -OCH3 is 1. The summed E-state index contributed by atoms with van der Waals surface area (Å²) in [5, 5.41) is 0. The average molecular weight is 192 g/mol. The van der Waals surface area contributed by atoms with Gasteiger partial charge in [0.05, 0.1) is 12.5 Å². The Morgan fingerprint density at radius 1 is 1.43 bits per heavy atom. The molecule has 0 aromatic heterocycles. The largest absolute Gasteiger partial charge is 0.469 e. The molecule has 0 spiro atoms. The second-order valence-electron chi connectivity index (χ2n) is 5.25. The molecule has 0 saturated heterocycles. The lowest BCUT2D eigenvalue weighted by molar-refractivity contribution is -0.170. The van der Waals surface area contributed by atoms with Crippen molar-refractivity contribution in [1.82, 2.24) is 0 Å². The SMILES string of the molecule is COC(=O)C1(C)CC2C3C=CC(C3)C21. The lowest BCUT2D eigenvalue weighted by Crippen LogP contribution is -2.53. The number of rotatable bonds is 1. The fraction of sp³-hybridized carbons (Fsp3) is 0.750. The third-order valence-corrected chi connectivity index (χ3v) is 4.67. The van der Waals surface area contributed by atoms with Gasteiger partial charge in [0.25, 0.3) is 0 Å². The lowest BCUT2D eigenvalue weighted by Gasteiger charge is -2.52. The van der Waals surface area contributed by atoms with E-state index >= 15 is 0 Å². The van der Waals surface area contributed by atoms with Crippen LogP contribution in [0.3, 0.4) is 0 Å². The topological polar surface area (TPSA) is 26.3 Å². The Balaban J connectivity index is 1.88. The van der Waals surface area contributed by atoms with E-state index < -0.39 is 0 Å². The van der Waals surface area contributed by atoms with Crippen LogP contribution in [0, 0.1) is 29.1 Å². The molecule has 14 heavy (non-hydrogen) atoms. The van der Waals surface area contributed by atoms with Crippen LogP contribution in [0.4, 0.5) is 0 Å². The van der Waals surface area contributed by atoms with Crippen molar-refractivity contribution in [2.45, 2.75) is 19.8 Å². The first-order valence-corrected chi connectivity index (χ1v) is 5.43. The van der Waals surface area contributed by atoms with Gasteiger partial charge in [0.1, 0.15) is 0 Å². The van der Waals surface area contributed by atoms with E-state index in [4.69, 9.17) is 4.74 Å². The van der Waals surface area contributed by atoms with Gasteiger partial charge in [0.15, 0.2) is 0 Å². The summed E-state index contributed by atoms with van der Waals surface area (Å²) in [5.41, 5.74) is -0.177. The van der Waals surface area contributed by atoms with Crippen molar-refractivity contribution in [1.29, 1.82) is 0 Å². The van der Waals surface area contributed by atoms with E-state index in [0.717, 1.165) is 18.3 Å². The summed E-state index contributed by atoms with van der Waals surface area (Å²) in [7, 11) is 1.50. The maximum atomic E-state index is 11.7. The Morgan fingerprint density at radius 3 is 2.79 bits per heavy atom. The molecule has 0 radical (unpaired) electrons. The third kappa shape index (κ3) is 0.760. The Hall–Kier alpha value is -0.790. The van der Waals surface area contributed by atoms with E-state index in [0.29, 0.717) is 11.8 Å². The summed E-state index contributed by atoms with van der Waals surface area (Å²) in [6.07, 6.45) is 6.98. The molecule has 3 rings (SSSR count). The van der Waals surface area contributed by atoms with Gasteiger partial charge < -0.3 is 4.74 Å². The van der Waals surface area contributed by atoms with E-state index in [2.05, 4.69) is 19.1 Å². The van der Waals surface area contributed by atoms with Gasteiger partial charge in [0, 0.05) is 0 Å². The second kappa shape index (κ2) is 2.41. The first-order chi connectivity index (χ1) is 6.66. The first-order valence-electron chi connectivity index (χ1n) is 5.43. The molecule has 2 heteroatoms. The number of carbonyl (C=O) groups excluding carboxylic acids is 1. The number of hydrogen-bond acceptors (Lipinski definition) is 2. The summed E-state index contributed by atoms with van der Waals surface area (Å²) in [6.45, 7) is 2.08. The van der Waals surface area contributed by atoms with E-state index in [1.54, 1.807) is 0 Å². The van der Waals surface area contributed by atoms with Gasteiger partial charge in [-0.1, -0.05) is 12.2 Å². The van der Waals surface area contributed by atoms with E-state index in [-0.39, 0.29) is 11.4 Å². The summed E-state index contributed by atoms with van der Waals surface area (Å²) in [4.78, 5) is 11.7. The summed E-state index contributed by atoms with van der Waals surface area (Å²) in [6, 6.07) is 0. The average Bonchev–Trinajstić information content (AvgIpc) is 2.70. The Labute approximate surface area is 84.3 Å². The zero-order valence-corrected chi connectivity index (χ0v) is 8.69. The molecular weight excluding hydrogens is 176 g/mol. The fourth-order valence-electron chi connectivity index (χ4n) is 4.07. The predicted molar refractivity (Wildman–Crippen MR) is 52.5 cm³/mol. The Morgan fingerprint density at radius 2 is 2.14 bits per heavy atom. The van der Waals surface area contributed by atoms with Crippen molar-refractivity contribution in [3.8, 4) is 0 Å². The van der Waals surface area contributed by atoms with Crippen LogP contribution in [0.5, 0.6) is 0 Å². The molecule has 2 nitrogen and oxygen atoms in total. The van der Waals surface area contributed by atoms with E-state index in [1.807, 2.05) is 0 Å². The molecule has 0 amide bonds. The highest BCUT2D eigenvalue weighted by molar-refractivity contribution is 5.78. The first kappa shape index (κ1) is 8.51. The number of hydrogen-bond donors (Lipinski definition) is 0. The van der Waals surface area contributed by atoms with Gasteiger partial charge >= 0.3 is 5.97 Å². The summed E-state index contributed by atoms with van der Waals surface area (Å²) < 4.78 is 4.91. The van der Waals surface area contributed by atoms with Crippen LogP contribution < -0.4 is 0 Å². The highest BCUT2D eigenvalue weighted by atomic mass is 16.5. The minimum atomic E-state index is -0.177. The minimum absolute atomic E-state index is 0.000278. The maximum absolute atomic E-state index is 11.7. The van der Waals surface area contributed by atoms with Crippen molar-refractivity contribution in [3.05, 3.63) is 12.2 Å². The zero-order chi connectivity index (χ0) is 9.92. The molecule has 0 aromatic carbocycles. The molecule has 0 heterocycles. The van der Waals surface area contributed by atoms with Crippen LogP contribution in [0.2, 0.25) is 0 Å². The van der Waals surface area contributed by atoms with Gasteiger partial charge in [-0.25, -0.2) is 0 Å². The molecule has 0 N–H and O–H groups in total. The van der Waals surface area contributed by atoms with Crippen LogP contribution >= 0.6 is 0 Å². The molecule has 2 saturated carbocycles. The Kier molecular flexibility index (Phi) is 1.47. The molecule has 2 bridgehead atoms. The number of ether oxygens (including phenoxy) is 1. The van der Waals surface area contributed by atoms with Gasteiger partial charge in [0.2, 0.25) is 0 Å². The van der Waals surface area contributed by atoms with Gasteiger partial charge in [-0.05, 0) is 43.4 Å². The van der Waals surface area contributed by atoms with Crippen molar-refractivity contribution >= 4 is 5.97 Å².